The first-order valence-electron chi connectivity index (χ1n) is 10.7. The number of amides is 1. The highest BCUT2D eigenvalue weighted by molar-refractivity contribution is 6.03. The summed E-state index contributed by atoms with van der Waals surface area (Å²) in [6.07, 6.45) is -1.69. The maximum Gasteiger partial charge on any atom is 0.416 e. The summed E-state index contributed by atoms with van der Waals surface area (Å²) in [5.74, 6) is 0.571. The molecule has 2 aliphatic rings. The second-order valence-corrected chi connectivity index (χ2v) is 8.21. The maximum absolute atomic E-state index is 13.1. The minimum Gasteiger partial charge on any atom is -0.496 e. The van der Waals surface area contributed by atoms with Gasteiger partial charge < -0.3 is 14.5 Å². The molecule has 1 saturated carbocycles. The van der Waals surface area contributed by atoms with E-state index in [0.717, 1.165) is 42.7 Å². The molecule has 32 heavy (non-hydrogen) atoms. The van der Waals surface area contributed by atoms with Crippen LogP contribution in [-0.2, 0) is 22.4 Å². The van der Waals surface area contributed by atoms with Gasteiger partial charge in [-0.25, -0.2) is 0 Å². The molecule has 1 aliphatic heterocycles. The van der Waals surface area contributed by atoms with Crippen molar-refractivity contribution in [3.05, 3.63) is 65.2 Å². The largest absolute Gasteiger partial charge is 0.496 e. The number of hydrogen-bond donors (Lipinski definition) is 0. The number of carbonyl (C=O) groups excluding carboxylic acids is 1. The molecule has 0 N–H and O–H groups in total. The van der Waals surface area contributed by atoms with Crippen molar-refractivity contribution in [2.75, 3.05) is 13.7 Å². The summed E-state index contributed by atoms with van der Waals surface area (Å²) < 4.78 is 44.8. The van der Waals surface area contributed by atoms with Crippen molar-refractivity contribution in [2.24, 2.45) is 11.1 Å². The van der Waals surface area contributed by atoms with Crippen LogP contribution in [0.25, 0.3) is 0 Å². The van der Waals surface area contributed by atoms with E-state index < -0.39 is 11.7 Å². The number of halogens is 3. The van der Waals surface area contributed by atoms with Crippen LogP contribution in [0.15, 0.2) is 53.7 Å². The van der Waals surface area contributed by atoms with Gasteiger partial charge in [0.05, 0.1) is 24.9 Å². The third-order valence-corrected chi connectivity index (χ3v) is 5.97. The number of rotatable bonds is 7. The Morgan fingerprint density at radius 2 is 1.97 bits per heavy atom. The van der Waals surface area contributed by atoms with Crippen LogP contribution >= 0.6 is 0 Å². The molecular weight excluding hydrogens is 421 g/mol. The lowest BCUT2D eigenvalue weighted by atomic mass is 9.84. The van der Waals surface area contributed by atoms with Crippen molar-refractivity contribution < 1.29 is 27.5 Å². The number of carbonyl (C=O) groups is 1. The van der Waals surface area contributed by atoms with Crippen LogP contribution in [-0.4, -0.2) is 36.3 Å². The molecule has 0 spiro atoms. The lowest BCUT2D eigenvalue weighted by molar-refractivity contribution is -0.140. The fourth-order valence-corrected chi connectivity index (χ4v) is 4.03. The fraction of sp³-hybridized carbons (Fsp3) is 0.417. The monoisotopic (exact) mass is 446 g/mol. The zero-order valence-corrected chi connectivity index (χ0v) is 17.8. The summed E-state index contributed by atoms with van der Waals surface area (Å²) in [4.78, 5) is 20.3. The number of alkyl halides is 3. The number of para-hydroxylation sites is 1. The second-order valence-electron chi connectivity index (χ2n) is 8.21. The molecule has 0 unspecified atom stereocenters. The Hall–Kier alpha value is -3.03. The second kappa shape index (κ2) is 9.22. The molecule has 2 aromatic carbocycles. The SMILES string of the molecule is COc1ccccc1C1=NO[C@H](CN(Cc2cccc(C(F)(F)F)c2)C(=O)C2CCC2)C1. The predicted molar refractivity (Wildman–Crippen MR) is 113 cm³/mol. The molecule has 0 aromatic heterocycles. The molecule has 8 heteroatoms. The van der Waals surface area contributed by atoms with E-state index in [-0.39, 0.29) is 31.0 Å². The van der Waals surface area contributed by atoms with Gasteiger partial charge in [0, 0.05) is 24.4 Å². The average molecular weight is 446 g/mol. The number of oxime groups is 1. The molecule has 1 amide bonds. The van der Waals surface area contributed by atoms with Crippen LogP contribution in [0.5, 0.6) is 5.75 Å². The molecule has 1 fully saturated rings. The van der Waals surface area contributed by atoms with Crippen molar-refractivity contribution in [3.8, 4) is 5.75 Å². The Kier molecular flexibility index (Phi) is 6.39. The topological polar surface area (TPSA) is 51.1 Å². The van der Waals surface area contributed by atoms with Gasteiger partial charge in [0.15, 0.2) is 6.10 Å². The Balaban J connectivity index is 1.48. The molecule has 4 rings (SSSR count). The molecular formula is C24H25F3N2O3. The lowest BCUT2D eigenvalue weighted by Crippen LogP contribution is -2.42. The summed E-state index contributed by atoms with van der Waals surface area (Å²) in [7, 11) is 1.58. The van der Waals surface area contributed by atoms with Crippen LogP contribution < -0.4 is 4.74 Å². The summed E-state index contributed by atoms with van der Waals surface area (Å²) in [5.41, 5.74) is 1.27. The van der Waals surface area contributed by atoms with Gasteiger partial charge in [0.2, 0.25) is 5.91 Å². The van der Waals surface area contributed by atoms with Crippen LogP contribution in [0.3, 0.4) is 0 Å². The van der Waals surface area contributed by atoms with Gasteiger partial charge >= 0.3 is 6.18 Å². The van der Waals surface area contributed by atoms with Crippen molar-refractivity contribution in [1.29, 1.82) is 0 Å². The molecule has 0 bridgehead atoms. The van der Waals surface area contributed by atoms with E-state index in [1.165, 1.54) is 6.07 Å². The van der Waals surface area contributed by atoms with Gasteiger partial charge in [0.25, 0.3) is 0 Å². The third kappa shape index (κ3) is 4.89. The first kappa shape index (κ1) is 22.2. The van der Waals surface area contributed by atoms with Gasteiger partial charge in [-0.2, -0.15) is 13.2 Å². The highest BCUT2D eigenvalue weighted by atomic mass is 19.4. The first-order valence-corrected chi connectivity index (χ1v) is 10.7. The van der Waals surface area contributed by atoms with Gasteiger partial charge in [-0.1, -0.05) is 35.8 Å². The first-order chi connectivity index (χ1) is 15.3. The van der Waals surface area contributed by atoms with Crippen LogP contribution in [0.4, 0.5) is 13.2 Å². The van der Waals surface area contributed by atoms with E-state index in [4.69, 9.17) is 9.57 Å². The van der Waals surface area contributed by atoms with Crippen molar-refractivity contribution in [2.45, 2.75) is 44.5 Å². The lowest BCUT2D eigenvalue weighted by Gasteiger charge is -2.32. The zero-order valence-electron chi connectivity index (χ0n) is 17.8. The molecule has 0 saturated heterocycles. The van der Waals surface area contributed by atoms with Crippen molar-refractivity contribution >= 4 is 11.6 Å². The summed E-state index contributed by atoms with van der Waals surface area (Å²) in [6, 6.07) is 12.6. The minimum absolute atomic E-state index is 0.0389. The molecule has 1 heterocycles. The van der Waals surface area contributed by atoms with Crippen LogP contribution in [0, 0.1) is 5.92 Å². The molecule has 2 aromatic rings. The fourth-order valence-electron chi connectivity index (χ4n) is 4.03. The highest BCUT2D eigenvalue weighted by Crippen LogP contribution is 2.32. The van der Waals surface area contributed by atoms with Crippen LogP contribution in [0.1, 0.15) is 42.4 Å². The quantitative estimate of drug-likeness (QED) is 0.599. The Morgan fingerprint density at radius 1 is 1.19 bits per heavy atom. The standard InChI is InChI=1S/C24H25F3N2O3/c1-31-22-11-3-2-10-20(22)21-13-19(32-28-21)15-29(23(30)17-7-5-8-17)14-16-6-4-9-18(12-16)24(25,26)27/h2-4,6,9-12,17,19H,5,7-8,13-15H2,1H3/t19-/m0/s1. The van der Waals surface area contributed by atoms with Gasteiger partial charge in [-0.15, -0.1) is 0 Å². The number of hydrogen-bond acceptors (Lipinski definition) is 4. The number of benzene rings is 2. The molecule has 1 atom stereocenters. The number of nitrogens with zero attached hydrogens (tertiary/aromatic N) is 2. The maximum atomic E-state index is 13.1. The normalized spacial score (nSPS) is 18.5. The van der Waals surface area contributed by atoms with E-state index in [2.05, 4.69) is 5.16 Å². The van der Waals surface area contributed by atoms with E-state index in [1.54, 1.807) is 18.1 Å². The highest BCUT2D eigenvalue weighted by Gasteiger charge is 2.34. The van der Waals surface area contributed by atoms with Gasteiger partial charge in [0.1, 0.15) is 5.75 Å². The Morgan fingerprint density at radius 3 is 2.66 bits per heavy atom. The summed E-state index contributed by atoms with van der Waals surface area (Å²) in [6.45, 7) is 0.358. The average Bonchev–Trinajstić information content (AvgIpc) is 3.20. The molecule has 170 valence electrons. The van der Waals surface area contributed by atoms with E-state index in [9.17, 15) is 18.0 Å². The van der Waals surface area contributed by atoms with Crippen LogP contribution in [0.2, 0.25) is 0 Å². The van der Waals surface area contributed by atoms with E-state index in [1.807, 2.05) is 24.3 Å². The van der Waals surface area contributed by atoms with Crippen molar-refractivity contribution in [3.63, 3.8) is 0 Å². The Bertz CT molecular complexity index is 1000. The smallest absolute Gasteiger partial charge is 0.416 e. The predicted octanol–water partition coefficient (Wildman–Crippen LogP) is 5.04. The van der Waals surface area contributed by atoms with Crippen molar-refractivity contribution in [1.82, 2.24) is 4.90 Å². The summed E-state index contributed by atoms with van der Waals surface area (Å²) >= 11 is 0. The van der Waals surface area contributed by atoms with E-state index >= 15 is 0 Å². The number of ether oxygens (including phenoxy) is 1. The third-order valence-electron chi connectivity index (χ3n) is 5.97. The molecule has 1 aliphatic carbocycles. The van der Waals surface area contributed by atoms with Gasteiger partial charge in [-0.3, -0.25) is 4.79 Å². The van der Waals surface area contributed by atoms with Gasteiger partial charge in [-0.05, 0) is 42.7 Å². The number of methoxy groups -OCH3 is 1. The Labute approximate surface area is 184 Å². The summed E-state index contributed by atoms with van der Waals surface area (Å²) in [5, 5.41) is 4.19. The minimum atomic E-state index is -4.43. The zero-order chi connectivity index (χ0) is 22.7. The molecule has 0 radical (unpaired) electrons. The van der Waals surface area contributed by atoms with E-state index in [0.29, 0.717) is 17.7 Å². The molecule has 5 nitrogen and oxygen atoms in total.